The molecule has 2 amide bonds. The quantitative estimate of drug-likeness (QED) is 0.824. The molecule has 0 aliphatic rings. The Hall–Kier alpha value is -2.56. The Morgan fingerprint density at radius 2 is 1.70 bits per heavy atom. The van der Waals surface area contributed by atoms with E-state index >= 15 is 0 Å². The van der Waals surface area contributed by atoms with E-state index in [2.05, 4.69) is 10.9 Å². The maximum absolute atomic E-state index is 11.9. The van der Waals surface area contributed by atoms with Crippen LogP contribution in [0.5, 0.6) is 0 Å². The number of nitrogens with one attached hydrogen (secondary N) is 2. The number of hydrogen-bond acceptors (Lipinski definition) is 3. The number of aryl methyl sites for hydroxylation is 3. The normalized spacial score (nSPS) is 10.2. The van der Waals surface area contributed by atoms with Crippen LogP contribution in [-0.4, -0.2) is 11.8 Å². The molecule has 2 N–H and O–H groups in total. The zero-order chi connectivity index (χ0) is 14.7. The molecule has 5 heteroatoms. The van der Waals surface area contributed by atoms with Gasteiger partial charge in [0.2, 0.25) is 0 Å². The predicted octanol–water partition coefficient (Wildman–Crippen LogP) is 2.28. The van der Waals surface area contributed by atoms with Gasteiger partial charge in [-0.25, -0.2) is 0 Å². The van der Waals surface area contributed by atoms with Gasteiger partial charge >= 0.3 is 0 Å². The molecule has 0 atom stereocenters. The summed E-state index contributed by atoms with van der Waals surface area (Å²) in [4.78, 5) is 23.8. The molecule has 0 bridgehead atoms. The van der Waals surface area contributed by atoms with Gasteiger partial charge in [0.1, 0.15) is 11.5 Å². The molecule has 1 aromatic carbocycles. The van der Waals surface area contributed by atoms with E-state index in [0.29, 0.717) is 22.6 Å². The van der Waals surface area contributed by atoms with Crippen LogP contribution < -0.4 is 10.9 Å². The topological polar surface area (TPSA) is 71.3 Å². The van der Waals surface area contributed by atoms with E-state index in [0.717, 1.165) is 5.56 Å². The summed E-state index contributed by atoms with van der Waals surface area (Å²) in [5.74, 6) is 0.405. The Morgan fingerprint density at radius 1 is 1.00 bits per heavy atom. The third-order valence-electron chi connectivity index (χ3n) is 2.86. The van der Waals surface area contributed by atoms with Crippen molar-refractivity contribution in [3.05, 3.63) is 58.5 Å². The monoisotopic (exact) mass is 272 g/mol. The minimum atomic E-state index is -0.402. The molecule has 0 radical (unpaired) electrons. The third-order valence-corrected chi connectivity index (χ3v) is 2.86. The maximum Gasteiger partial charge on any atom is 0.273 e. The number of carbonyl (C=O) groups excluding carboxylic acids is 2. The molecule has 0 fully saturated rings. The fraction of sp³-hybridized carbons (Fsp3) is 0.200. The summed E-state index contributed by atoms with van der Waals surface area (Å²) in [5, 5.41) is 0. The Labute approximate surface area is 117 Å². The van der Waals surface area contributed by atoms with E-state index < -0.39 is 5.91 Å². The van der Waals surface area contributed by atoms with Crippen molar-refractivity contribution >= 4 is 11.8 Å². The molecule has 2 aromatic rings. The number of furan rings is 1. The summed E-state index contributed by atoms with van der Waals surface area (Å²) in [6.45, 7) is 5.35. The lowest BCUT2D eigenvalue weighted by Gasteiger charge is -2.07. The van der Waals surface area contributed by atoms with Gasteiger partial charge in [-0.1, -0.05) is 17.7 Å². The lowest BCUT2D eigenvalue weighted by atomic mass is 10.1. The van der Waals surface area contributed by atoms with Gasteiger partial charge in [0.15, 0.2) is 0 Å². The number of benzene rings is 1. The molecule has 1 aromatic heterocycles. The predicted molar refractivity (Wildman–Crippen MR) is 74.3 cm³/mol. The highest BCUT2D eigenvalue weighted by Crippen LogP contribution is 2.13. The first-order valence-electron chi connectivity index (χ1n) is 6.22. The molecule has 20 heavy (non-hydrogen) atoms. The number of amides is 2. The van der Waals surface area contributed by atoms with Crippen molar-refractivity contribution in [1.82, 2.24) is 10.9 Å². The van der Waals surface area contributed by atoms with Crippen LogP contribution in [0.25, 0.3) is 0 Å². The second kappa shape index (κ2) is 5.61. The van der Waals surface area contributed by atoms with E-state index in [9.17, 15) is 9.59 Å². The largest absolute Gasteiger partial charge is 0.466 e. The average molecular weight is 272 g/mol. The van der Waals surface area contributed by atoms with Gasteiger partial charge in [0, 0.05) is 5.56 Å². The van der Waals surface area contributed by atoms with Crippen LogP contribution in [0, 0.1) is 20.8 Å². The molecule has 0 aliphatic heterocycles. The van der Waals surface area contributed by atoms with Gasteiger partial charge in [-0.2, -0.15) is 0 Å². The summed E-state index contributed by atoms with van der Waals surface area (Å²) >= 11 is 0. The Bertz CT molecular complexity index is 659. The minimum Gasteiger partial charge on any atom is -0.466 e. The van der Waals surface area contributed by atoms with Crippen molar-refractivity contribution in [2.75, 3.05) is 0 Å². The summed E-state index contributed by atoms with van der Waals surface area (Å²) in [6, 6.07) is 8.74. The van der Waals surface area contributed by atoms with Gasteiger partial charge in [-0.15, -0.1) is 0 Å². The smallest absolute Gasteiger partial charge is 0.273 e. The highest BCUT2D eigenvalue weighted by Gasteiger charge is 2.14. The molecular formula is C15H16N2O3. The molecule has 0 spiro atoms. The zero-order valence-corrected chi connectivity index (χ0v) is 11.6. The first-order valence-corrected chi connectivity index (χ1v) is 6.22. The van der Waals surface area contributed by atoms with Crippen molar-refractivity contribution in [3.8, 4) is 0 Å². The van der Waals surface area contributed by atoms with E-state index in [-0.39, 0.29) is 5.91 Å². The maximum atomic E-state index is 11.9. The van der Waals surface area contributed by atoms with Gasteiger partial charge in [-0.05, 0) is 39.0 Å². The summed E-state index contributed by atoms with van der Waals surface area (Å²) in [5.41, 5.74) is 6.63. The fourth-order valence-electron chi connectivity index (χ4n) is 1.90. The lowest BCUT2D eigenvalue weighted by molar-refractivity contribution is 0.0845. The second-order valence-electron chi connectivity index (χ2n) is 4.60. The van der Waals surface area contributed by atoms with Crippen molar-refractivity contribution in [1.29, 1.82) is 0 Å². The van der Waals surface area contributed by atoms with E-state index in [1.165, 1.54) is 0 Å². The standard InChI is InChI=1S/C15H16N2O3/c1-9-5-4-6-12(7-9)14(18)16-17-15(19)13-8-10(2)20-11(13)3/h4-8H,1-3H3,(H,16,18)(H,17,19). The molecule has 0 aliphatic carbocycles. The van der Waals surface area contributed by atoms with Gasteiger partial charge < -0.3 is 4.42 Å². The molecule has 5 nitrogen and oxygen atoms in total. The molecule has 0 saturated heterocycles. The van der Waals surface area contributed by atoms with Crippen molar-refractivity contribution in [2.45, 2.75) is 20.8 Å². The van der Waals surface area contributed by atoms with Gasteiger partial charge in [0.25, 0.3) is 11.8 Å². The number of rotatable bonds is 2. The van der Waals surface area contributed by atoms with Crippen LogP contribution in [0.15, 0.2) is 34.7 Å². The first-order chi connectivity index (χ1) is 9.47. The molecular weight excluding hydrogens is 256 g/mol. The van der Waals surface area contributed by atoms with Gasteiger partial charge in [-0.3, -0.25) is 20.4 Å². The van der Waals surface area contributed by atoms with Crippen LogP contribution in [0.4, 0.5) is 0 Å². The minimum absolute atomic E-state index is 0.361. The molecule has 104 valence electrons. The van der Waals surface area contributed by atoms with Crippen LogP contribution >= 0.6 is 0 Å². The van der Waals surface area contributed by atoms with Crippen LogP contribution in [0.2, 0.25) is 0 Å². The molecule has 2 rings (SSSR count). The lowest BCUT2D eigenvalue weighted by Crippen LogP contribution is -2.41. The Kier molecular flexibility index (Phi) is 3.89. The van der Waals surface area contributed by atoms with E-state index in [4.69, 9.17) is 4.42 Å². The second-order valence-corrected chi connectivity index (χ2v) is 4.60. The number of hydrazine groups is 1. The zero-order valence-electron chi connectivity index (χ0n) is 11.6. The number of carbonyl (C=O) groups is 2. The van der Waals surface area contributed by atoms with Crippen molar-refractivity contribution in [2.24, 2.45) is 0 Å². The fourth-order valence-corrected chi connectivity index (χ4v) is 1.90. The highest BCUT2D eigenvalue weighted by atomic mass is 16.3. The summed E-state index contributed by atoms with van der Waals surface area (Å²) in [7, 11) is 0. The van der Waals surface area contributed by atoms with E-state index in [1.807, 2.05) is 13.0 Å². The molecule has 0 unspecified atom stereocenters. The molecule has 1 heterocycles. The summed E-state index contributed by atoms with van der Waals surface area (Å²) in [6.07, 6.45) is 0. The highest BCUT2D eigenvalue weighted by molar-refractivity contribution is 5.99. The number of hydrogen-bond donors (Lipinski definition) is 2. The molecule has 0 saturated carbocycles. The Balaban J connectivity index is 2.00. The first kappa shape index (κ1) is 13.9. The SMILES string of the molecule is Cc1cccc(C(=O)NNC(=O)c2cc(C)oc2C)c1. The van der Waals surface area contributed by atoms with Gasteiger partial charge in [0.05, 0.1) is 5.56 Å². The summed E-state index contributed by atoms with van der Waals surface area (Å²) < 4.78 is 5.27. The van der Waals surface area contributed by atoms with Crippen LogP contribution in [0.1, 0.15) is 37.8 Å². The van der Waals surface area contributed by atoms with Crippen molar-refractivity contribution < 1.29 is 14.0 Å². The van der Waals surface area contributed by atoms with E-state index in [1.54, 1.807) is 38.1 Å². The van der Waals surface area contributed by atoms with Crippen molar-refractivity contribution in [3.63, 3.8) is 0 Å². The Morgan fingerprint density at radius 3 is 2.30 bits per heavy atom. The van der Waals surface area contributed by atoms with Crippen LogP contribution in [0.3, 0.4) is 0 Å². The van der Waals surface area contributed by atoms with Crippen LogP contribution in [-0.2, 0) is 0 Å². The third kappa shape index (κ3) is 3.06. The average Bonchev–Trinajstić information content (AvgIpc) is 2.74.